The van der Waals surface area contributed by atoms with Crippen LogP contribution < -0.4 is 21.5 Å². The van der Waals surface area contributed by atoms with E-state index in [9.17, 15) is 9.59 Å². The topological polar surface area (TPSA) is 124 Å². The number of rotatable bonds is 9. The van der Waals surface area contributed by atoms with Crippen molar-refractivity contribution >= 4 is 17.5 Å². The summed E-state index contributed by atoms with van der Waals surface area (Å²) in [7, 11) is 0. The average Bonchev–Trinajstić information content (AvgIpc) is 2.53. The molecule has 5 N–H and O–H groups in total. The molecule has 1 rings (SSSR count). The van der Waals surface area contributed by atoms with Crippen LogP contribution >= 0.6 is 0 Å². The fraction of sp³-hybridized carbons (Fsp3) is 0.667. The largest absolute Gasteiger partial charge is 0.395 e. The summed E-state index contributed by atoms with van der Waals surface area (Å²) < 4.78 is 0. The van der Waals surface area contributed by atoms with Crippen LogP contribution in [0.3, 0.4) is 0 Å². The first-order chi connectivity index (χ1) is 10.9. The Labute approximate surface area is 136 Å². The van der Waals surface area contributed by atoms with Gasteiger partial charge in [0, 0.05) is 19.6 Å². The van der Waals surface area contributed by atoms with Gasteiger partial charge < -0.3 is 26.0 Å². The van der Waals surface area contributed by atoms with Gasteiger partial charge in [0.05, 0.1) is 6.61 Å². The zero-order valence-electron chi connectivity index (χ0n) is 14.1. The van der Waals surface area contributed by atoms with Crippen LogP contribution in [0.1, 0.15) is 44.1 Å². The minimum absolute atomic E-state index is 0.0275. The second kappa shape index (κ2) is 9.14. The zero-order chi connectivity index (χ0) is 17.4. The summed E-state index contributed by atoms with van der Waals surface area (Å²) in [5.74, 6) is 0.0665. The van der Waals surface area contributed by atoms with E-state index in [-0.39, 0.29) is 30.5 Å². The van der Waals surface area contributed by atoms with E-state index in [2.05, 4.69) is 29.1 Å². The molecule has 1 aromatic rings. The molecule has 1 aromatic heterocycles. The monoisotopic (exact) mass is 325 g/mol. The lowest BCUT2D eigenvalue weighted by Crippen LogP contribution is -2.37. The fourth-order valence-electron chi connectivity index (χ4n) is 2.16. The van der Waals surface area contributed by atoms with Gasteiger partial charge in [-0.05, 0) is 12.3 Å². The van der Waals surface area contributed by atoms with Crippen LogP contribution in [0.25, 0.3) is 0 Å². The van der Waals surface area contributed by atoms with Crippen molar-refractivity contribution < 1.29 is 9.90 Å². The van der Waals surface area contributed by atoms with Gasteiger partial charge in [0.15, 0.2) is 11.6 Å². The highest BCUT2D eigenvalue weighted by Crippen LogP contribution is 2.14. The van der Waals surface area contributed by atoms with E-state index in [1.807, 2.05) is 11.8 Å². The van der Waals surface area contributed by atoms with Crippen LogP contribution in [0, 0.1) is 5.92 Å². The highest BCUT2D eigenvalue weighted by Gasteiger charge is 2.19. The van der Waals surface area contributed by atoms with Gasteiger partial charge in [0.1, 0.15) is 5.69 Å². The van der Waals surface area contributed by atoms with Gasteiger partial charge in [-0.1, -0.05) is 27.2 Å². The van der Waals surface area contributed by atoms with Crippen molar-refractivity contribution in [2.45, 2.75) is 33.6 Å². The number of nitrogen functional groups attached to an aromatic ring is 1. The standard InChI is InChI=1S/C15H27N5O3/c1-4-7-20(9-10(3)5-2)13-15(23)18-11(12(16)19-13)14(22)17-6-8-21/h10,21H,4-9H2,1-3H3,(H2,16,19)(H,17,22)(H,18,23). The lowest BCUT2D eigenvalue weighted by Gasteiger charge is -2.25. The lowest BCUT2D eigenvalue weighted by molar-refractivity contribution is 0.0940. The quantitative estimate of drug-likeness (QED) is 0.519. The molecule has 1 atom stereocenters. The lowest BCUT2D eigenvalue weighted by atomic mass is 10.1. The average molecular weight is 325 g/mol. The number of nitrogens with two attached hydrogens (primary N) is 1. The number of carbonyl (C=O) groups excluding carboxylic acids is 1. The Kier molecular flexibility index (Phi) is 7.53. The summed E-state index contributed by atoms with van der Waals surface area (Å²) in [6, 6.07) is 0. The maximum Gasteiger partial charge on any atom is 0.291 e. The van der Waals surface area contributed by atoms with E-state index < -0.39 is 11.5 Å². The van der Waals surface area contributed by atoms with E-state index in [0.29, 0.717) is 19.0 Å². The van der Waals surface area contributed by atoms with Crippen molar-refractivity contribution in [3.05, 3.63) is 16.0 Å². The zero-order valence-corrected chi connectivity index (χ0v) is 14.1. The smallest absolute Gasteiger partial charge is 0.291 e. The number of anilines is 2. The van der Waals surface area contributed by atoms with Gasteiger partial charge in [-0.2, -0.15) is 0 Å². The van der Waals surface area contributed by atoms with Gasteiger partial charge >= 0.3 is 0 Å². The maximum absolute atomic E-state index is 12.3. The molecule has 8 heteroatoms. The molecule has 0 fully saturated rings. The normalized spacial score (nSPS) is 12.0. The predicted octanol–water partition coefficient (Wildman–Crippen LogP) is 0.337. The van der Waals surface area contributed by atoms with Crippen LogP contribution in [0.15, 0.2) is 4.79 Å². The molecule has 130 valence electrons. The second-order valence-electron chi connectivity index (χ2n) is 5.59. The molecular formula is C15H27N5O3. The summed E-state index contributed by atoms with van der Waals surface area (Å²) in [4.78, 5) is 32.7. The number of carbonyl (C=O) groups is 1. The number of nitrogens with one attached hydrogen (secondary N) is 2. The van der Waals surface area contributed by atoms with Crippen molar-refractivity contribution in [2.24, 2.45) is 5.92 Å². The van der Waals surface area contributed by atoms with Crippen LogP contribution in [0.2, 0.25) is 0 Å². The molecule has 8 nitrogen and oxygen atoms in total. The van der Waals surface area contributed by atoms with E-state index in [0.717, 1.165) is 12.8 Å². The molecule has 0 bridgehead atoms. The minimum atomic E-state index is -0.559. The maximum atomic E-state index is 12.3. The fourth-order valence-corrected chi connectivity index (χ4v) is 2.16. The molecule has 0 aliphatic heterocycles. The van der Waals surface area contributed by atoms with Crippen molar-refractivity contribution in [3.63, 3.8) is 0 Å². The SMILES string of the molecule is CCCN(CC(C)CC)c1nc(N)c(C(=O)NCCO)[nH]c1=O. The number of nitrogens with zero attached hydrogens (tertiary/aromatic N) is 2. The third-order valence-electron chi connectivity index (χ3n) is 3.57. The van der Waals surface area contributed by atoms with Crippen LogP contribution in [0.4, 0.5) is 11.6 Å². The van der Waals surface area contributed by atoms with Gasteiger partial charge in [-0.15, -0.1) is 0 Å². The highest BCUT2D eigenvalue weighted by atomic mass is 16.3. The Bertz CT molecular complexity index is 573. The first-order valence-corrected chi connectivity index (χ1v) is 7.98. The molecule has 1 amide bonds. The molecular weight excluding hydrogens is 298 g/mol. The van der Waals surface area contributed by atoms with E-state index >= 15 is 0 Å². The molecule has 0 aliphatic rings. The third kappa shape index (κ3) is 5.24. The molecule has 0 saturated heterocycles. The number of hydrogen-bond donors (Lipinski definition) is 4. The molecule has 0 aromatic carbocycles. The minimum Gasteiger partial charge on any atom is -0.395 e. The first kappa shape index (κ1) is 19.0. The number of aliphatic hydroxyl groups is 1. The third-order valence-corrected chi connectivity index (χ3v) is 3.57. The van der Waals surface area contributed by atoms with Crippen LogP contribution in [-0.4, -0.2) is 47.2 Å². The number of aliphatic hydroxyl groups excluding tert-OH is 1. The summed E-state index contributed by atoms with van der Waals surface area (Å²) in [6.07, 6.45) is 1.87. The Morgan fingerprint density at radius 2 is 2.17 bits per heavy atom. The van der Waals surface area contributed by atoms with Crippen molar-refractivity contribution in [1.29, 1.82) is 0 Å². The van der Waals surface area contributed by atoms with E-state index in [1.165, 1.54) is 0 Å². The molecule has 0 aliphatic carbocycles. The number of aromatic amines is 1. The molecule has 1 unspecified atom stereocenters. The summed E-state index contributed by atoms with van der Waals surface area (Å²) in [5, 5.41) is 11.2. The Morgan fingerprint density at radius 1 is 1.48 bits per heavy atom. The Morgan fingerprint density at radius 3 is 2.74 bits per heavy atom. The van der Waals surface area contributed by atoms with Gasteiger partial charge in [0.2, 0.25) is 0 Å². The highest BCUT2D eigenvalue weighted by molar-refractivity contribution is 5.96. The summed E-state index contributed by atoms with van der Waals surface area (Å²) >= 11 is 0. The molecule has 0 saturated carbocycles. The number of H-pyrrole nitrogens is 1. The van der Waals surface area contributed by atoms with Crippen LogP contribution in [-0.2, 0) is 0 Å². The van der Waals surface area contributed by atoms with Gasteiger partial charge in [-0.3, -0.25) is 9.59 Å². The van der Waals surface area contributed by atoms with Crippen LogP contribution in [0.5, 0.6) is 0 Å². The van der Waals surface area contributed by atoms with Crippen molar-refractivity contribution in [2.75, 3.05) is 36.9 Å². The molecule has 1 heterocycles. The summed E-state index contributed by atoms with van der Waals surface area (Å²) in [5.41, 5.74) is 5.31. The van der Waals surface area contributed by atoms with Crippen molar-refractivity contribution in [3.8, 4) is 0 Å². The number of amides is 1. The molecule has 0 spiro atoms. The van der Waals surface area contributed by atoms with E-state index in [1.54, 1.807) is 0 Å². The molecule has 23 heavy (non-hydrogen) atoms. The van der Waals surface area contributed by atoms with E-state index in [4.69, 9.17) is 10.8 Å². The second-order valence-corrected chi connectivity index (χ2v) is 5.59. The Hall–Kier alpha value is -2.09. The Balaban J connectivity index is 3.10. The first-order valence-electron chi connectivity index (χ1n) is 7.98. The number of aromatic nitrogens is 2. The summed E-state index contributed by atoms with van der Waals surface area (Å²) in [6.45, 7) is 7.51. The molecule has 0 radical (unpaired) electrons. The van der Waals surface area contributed by atoms with Crippen molar-refractivity contribution in [1.82, 2.24) is 15.3 Å². The van der Waals surface area contributed by atoms with Gasteiger partial charge in [-0.25, -0.2) is 4.98 Å². The number of hydrogen-bond acceptors (Lipinski definition) is 6. The predicted molar refractivity (Wildman–Crippen MR) is 90.6 cm³/mol. The van der Waals surface area contributed by atoms with Gasteiger partial charge in [0.25, 0.3) is 11.5 Å².